The molecule has 3 N–H and O–H groups in total. The largest absolute Gasteiger partial charge is 0.326 e. The number of fused-ring (bicyclic) bond motifs is 1. The Hall–Kier alpha value is -1.06. The van der Waals surface area contributed by atoms with Gasteiger partial charge in [0.15, 0.2) is 0 Å². The Bertz CT molecular complexity index is 685. The number of hydrogen-bond acceptors (Lipinski definition) is 2. The molecule has 1 aliphatic carbocycles. The summed E-state index contributed by atoms with van der Waals surface area (Å²) in [6, 6.07) is 12.9. The number of benzene rings is 2. The van der Waals surface area contributed by atoms with E-state index < -0.39 is 0 Å². The molecule has 0 aromatic heterocycles. The second kappa shape index (κ2) is 6.59. The van der Waals surface area contributed by atoms with Gasteiger partial charge in [-0.15, -0.1) is 0 Å². The zero-order valence-corrected chi connectivity index (χ0v) is 14.1. The molecule has 0 saturated heterocycles. The van der Waals surface area contributed by atoms with Gasteiger partial charge in [-0.3, -0.25) is 0 Å². The maximum Gasteiger partial charge on any atom is 0.0595 e. The van der Waals surface area contributed by atoms with Crippen molar-refractivity contribution in [2.75, 3.05) is 7.05 Å². The van der Waals surface area contributed by atoms with Gasteiger partial charge in [-0.1, -0.05) is 47.5 Å². The van der Waals surface area contributed by atoms with Crippen LogP contribution >= 0.6 is 23.2 Å². The Kier molecular flexibility index (Phi) is 4.74. The van der Waals surface area contributed by atoms with Crippen LogP contribution in [-0.2, 0) is 6.54 Å². The summed E-state index contributed by atoms with van der Waals surface area (Å²) in [4.78, 5) is 0. The lowest BCUT2D eigenvalue weighted by molar-refractivity contribution is 0.470. The Labute approximate surface area is 141 Å². The first-order valence-corrected chi connectivity index (χ1v) is 8.34. The molecule has 0 spiro atoms. The third-order valence-electron chi connectivity index (χ3n) is 4.58. The van der Waals surface area contributed by atoms with Gasteiger partial charge in [0.1, 0.15) is 0 Å². The van der Waals surface area contributed by atoms with E-state index in [4.69, 9.17) is 28.9 Å². The van der Waals surface area contributed by atoms with E-state index in [-0.39, 0.29) is 0 Å². The van der Waals surface area contributed by atoms with Crippen molar-refractivity contribution < 1.29 is 0 Å². The van der Waals surface area contributed by atoms with Crippen LogP contribution in [0.25, 0.3) is 0 Å². The number of hydrogen-bond donors (Lipinski definition) is 2. The highest BCUT2D eigenvalue weighted by Gasteiger charge is 2.27. The molecule has 0 amide bonds. The van der Waals surface area contributed by atoms with Gasteiger partial charge in [-0.25, -0.2) is 0 Å². The minimum absolute atomic E-state index is 0.362. The molecular weight excluding hydrogens is 315 g/mol. The van der Waals surface area contributed by atoms with Crippen LogP contribution in [0.1, 0.15) is 47.1 Å². The zero-order chi connectivity index (χ0) is 15.7. The zero-order valence-electron chi connectivity index (χ0n) is 12.6. The fourth-order valence-electron chi connectivity index (χ4n) is 3.39. The second-order valence-electron chi connectivity index (χ2n) is 5.81. The molecule has 2 aromatic rings. The van der Waals surface area contributed by atoms with Crippen molar-refractivity contribution in [1.29, 1.82) is 0 Å². The van der Waals surface area contributed by atoms with Crippen LogP contribution in [0.15, 0.2) is 36.4 Å². The van der Waals surface area contributed by atoms with Crippen LogP contribution in [0, 0.1) is 0 Å². The minimum Gasteiger partial charge on any atom is -0.326 e. The van der Waals surface area contributed by atoms with Crippen molar-refractivity contribution in [2.45, 2.75) is 31.3 Å². The highest BCUT2D eigenvalue weighted by molar-refractivity contribution is 6.42. The topological polar surface area (TPSA) is 38.0 Å². The van der Waals surface area contributed by atoms with Gasteiger partial charge in [-0.2, -0.15) is 0 Å². The van der Waals surface area contributed by atoms with E-state index >= 15 is 0 Å². The van der Waals surface area contributed by atoms with Crippen LogP contribution < -0.4 is 11.1 Å². The van der Waals surface area contributed by atoms with E-state index in [9.17, 15) is 0 Å². The summed E-state index contributed by atoms with van der Waals surface area (Å²) in [7, 11) is 2.02. The molecule has 0 heterocycles. The summed E-state index contributed by atoms with van der Waals surface area (Å²) < 4.78 is 0. The predicted octanol–water partition coefficient (Wildman–Crippen LogP) is 4.64. The highest BCUT2D eigenvalue weighted by atomic mass is 35.5. The molecule has 1 unspecified atom stereocenters. The van der Waals surface area contributed by atoms with Gasteiger partial charge in [0.05, 0.1) is 10.0 Å². The lowest BCUT2D eigenvalue weighted by Crippen LogP contribution is -2.24. The molecule has 22 heavy (non-hydrogen) atoms. The maximum atomic E-state index is 6.20. The first-order chi connectivity index (χ1) is 10.6. The molecule has 0 aliphatic heterocycles. The summed E-state index contributed by atoms with van der Waals surface area (Å²) in [5.74, 6) is 0.362. The molecule has 4 heteroatoms. The van der Waals surface area contributed by atoms with Gasteiger partial charge in [0.25, 0.3) is 0 Å². The van der Waals surface area contributed by atoms with Crippen molar-refractivity contribution in [3.63, 3.8) is 0 Å². The average molecular weight is 335 g/mol. The van der Waals surface area contributed by atoms with E-state index in [1.807, 2.05) is 19.2 Å². The SMILES string of the molecule is CN[C@H]1CCC(c2ccc(Cl)c(Cl)c2)c2ccc(CN)cc21. The van der Waals surface area contributed by atoms with Gasteiger partial charge in [0.2, 0.25) is 0 Å². The predicted molar refractivity (Wildman–Crippen MR) is 93.7 cm³/mol. The van der Waals surface area contributed by atoms with Gasteiger partial charge >= 0.3 is 0 Å². The maximum absolute atomic E-state index is 6.20. The Morgan fingerprint density at radius 1 is 1.05 bits per heavy atom. The molecule has 0 radical (unpaired) electrons. The average Bonchev–Trinajstić information content (AvgIpc) is 2.55. The molecule has 0 fully saturated rings. The summed E-state index contributed by atoms with van der Waals surface area (Å²) in [5.41, 5.74) is 10.9. The second-order valence-corrected chi connectivity index (χ2v) is 6.63. The Balaban J connectivity index is 2.06. The van der Waals surface area contributed by atoms with Crippen molar-refractivity contribution in [2.24, 2.45) is 5.73 Å². The van der Waals surface area contributed by atoms with Crippen LogP contribution in [0.3, 0.4) is 0 Å². The summed E-state index contributed by atoms with van der Waals surface area (Å²) >= 11 is 12.3. The lowest BCUT2D eigenvalue weighted by atomic mass is 9.76. The van der Waals surface area contributed by atoms with Gasteiger partial charge in [-0.05, 0) is 54.3 Å². The van der Waals surface area contributed by atoms with Crippen LogP contribution in [-0.4, -0.2) is 7.05 Å². The van der Waals surface area contributed by atoms with Crippen LogP contribution in [0.5, 0.6) is 0 Å². The number of nitrogens with one attached hydrogen (secondary N) is 1. The Morgan fingerprint density at radius 2 is 1.86 bits per heavy atom. The molecule has 0 saturated carbocycles. The third kappa shape index (κ3) is 2.89. The fraction of sp³-hybridized carbons (Fsp3) is 0.333. The molecule has 2 aromatic carbocycles. The van der Waals surface area contributed by atoms with Crippen molar-refractivity contribution in [3.8, 4) is 0 Å². The molecule has 3 rings (SSSR count). The van der Waals surface area contributed by atoms with Crippen molar-refractivity contribution >= 4 is 23.2 Å². The fourth-order valence-corrected chi connectivity index (χ4v) is 3.70. The molecular formula is C18H20Cl2N2. The van der Waals surface area contributed by atoms with Crippen LogP contribution in [0.4, 0.5) is 0 Å². The van der Waals surface area contributed by atoms with E-state index in [1.165, 1.54) is 22.3 Å². The van der Waals surface area contributed by atoms with E-state index in [0.29, 0.717) is 28.5 Å². The molecule has 0 bridgehead atoms. The molecule has 2 nitrogen and oxygen atoms in total. The first kappa shape index (κ1) is 15.8. The van der Waals surface area contributed by atoms with E-state index in [2.05, 4.69) is 29.6 Å². The number of halogens is 2. The lowest BCUT2D eigenvalue weighted by Gasteiger charge is -2.32. The van der Waals surface area contributed by atoms with E-state index in [1.54, 1.807) is 0 Å². The summed E-state index contributed by atoms with van der Waals surface area (Å²) in [6.07, 6.45) is 2.20. The van der Waals surface area contributed by atoms with Crippen molar-refractivity contribution in [3.05, 3.63) is 68.7 Å². The quantitative estimate of drug-likeness (QED) is 0.858. The minimum atomic E-state index is 0.362. The van der Waals surface area contributed by atoms with E-state index in [0.717, 1.165) is 12.8 Å². The standard InChI is InChI=1S/C18H20Cl2N2/c1-22-18-7-5-13(12-3-6-16(19)17(20)9-12)14-4-2-11(10-21)8-15(14)18/h2-4,6,8-9,13,18,22H,5,7,10,21H2,1H3/t13?,18-/m0/s1. The third-order valence-corrected chi connectivity index (χ3v) is 5.32. The Morgan fingerprint density at radius 3 is 2.55 bits per heavy atom. The molecule has 116 valence electrons. The molecule has 2 atom stereocenters. The monoisotopic (exact) mass is 334 g/mol. The number of rotatable bonds is 3. The summed E-state index contributed by atoms with van der Waals surface area (Å²) in [6.45, 7) is 0.571. The van der Waals surface area contributed by atoms with Gasteiger partial charge < -0.3 is 11.1 Å². The number of nitrogens with two attached hydrogens (primary N) is 1. The first-order valence-electron chi connectivity index (χ1n) is 7.59. The van der Waals surface area contributed by atoms with Gasteiger partial charge in [0, 0.05) is 18.5 Å². The van der Waals surface area contributed by atoms with Crippen LogP contribution in [0.2, 0.25) is 10.0 Å². The normalized spacial score (nSPS) is 20.7. The van der Waals surface area contributed by atoms with Crippen molar-refractivity contribution in [1.82, 2.24) is 5.32 Å². The summed E-state index contributed by atoms with van der Waals surface area (Å²) in [5, 5.41) is 4.64. The highest BCUT2D eigenvalue weighted by Crippen LogP contribution is 2.42. The smallest absolute Gasteiger partial charge is 0.0595 e. The molecule has 1 aliphatic rings.